The number of carbonyl (C=O) groups excluding carboxylic acids is 1. The normalized spacial score (nSPS) is 25.6. The van der Waals surface area contributed by atoms with Crippen molar-refractivity contribution < 1.29 is 9.53 Å². The zero-order valence-corrected chi connectivity index (χ0v) is 12.5. The van der Waals surface area contributed by atoms with Crippen LogP contribution in [0.15, 0.2) is 23.2 Å². The van der Waals surface area contributed by atoms with E-state index in [0.717, 1.165) is 37.0 Å². The molecule has 0 saturated carbocycles. The maximum Gasteiger partial charge on any atom is 0.257 e. The molecule has 1 saturated heterocycles. The Kier molecular flexibility index (Phi) is 3.57. The SMILES string of the molecule is CCCN=C1NC(=O)C2(CCCc3cc(OC)ccc32)N1. The van der Waals surface area contributed by atoms with Crippen molar-refractivity contribution in [3.63, 3.8) is 0 Å². The number of ether oxygens (including phenoxy) is 1. The van der Waals surface area contributed by atoms with Gasteiger partial charge in [-0.2, -0.15) is 0 Å². The summed E-state index contributed by atoms with van der Waals surface area (Å²) in [5, 5.41) is 6.22. The van der Waals surface area contributed by atoms with Gasteiger partial charge < -0.3 is 10.1 Å². The fraction of sp³-hybridized carbons (Fsp3) is 0.500. The van der Waals surface area contributed by atoms with Gasteiger partial charge in [0, 0.05) is 6.54 Å². The molecule has 3 rings (SSSR count). The molecule has 0 bridgehead atoms. The molecule has 0 radical (unpaired) electrons. The largest absolute Gasteiger partial charge is 0.497 e. The van der Waals surface area contributed by atoms with Gasteiger partial charge in [0.2, 0.25) is 0 Å². The highest BCUT2D eigenvalue weighted by molar-refractivity contribution is 6.09. The van der Waals surface area contributed by atoms with Gasteiger partial charge >= 0.3 is 0 Å². The fourth-order valence-electron chi connectivity index (χ4n) is 3.17. The summed E-state index contributed by atoms with van der Waals surface area (Å²) >= 11 is 0. The molecule has 1 fully saturated rings. The van der Waals surface area contributed by atoms with Crippen molar-refractivity contribution in [1.29, 1.82) is 0 Å². The second-order valence-electron chi connectivity index (χ2n) is 5.59. The number of carbonyl (C=O) groups is 1. The van der Waals surface area contributed by atoms with Crippen LogP contribution in [0.3, 0.4) is 0 Å². The minimum Gasteiger partial charge on any atom is -0.497 e. The first-order chi connectivity index (χ1) is 10.2. The number of hydrogen-bond acceptors (Lipinski definition) is 3. The number of fused-ring (bicyclic) bond motifs is 2. The van der Waals surface area contributed by atoms with Gasteiger partial charge in [0.25, 0.3) is 5.91 Å². The average molecular weight is 287 g/mol. The van der Waals surface area contributed by atoms with Crippen LogP contribution in [0.4, 0.5) is 0 Å². The molecule has 1 aliphatic heterocycles. The van der Waals surface area contributed by atoms with Crippen LogP contribution in [0, 0.1) is 0 Å². The monoisotopic (exact) mass is 287 g/mol. The summed E-state index contributed by atoms with van der Waals surface area (Å²) in [6.45, 7) is 2.78. The van der Waals surface area contributed by atoms with E-state index in [4.69, 9.17) is 4.74 Å². The number of nitrogens with one attached hydrogen (secondary N) is 2. The molecular weight excluding hydrogens is 266 g/mol. The summed E-state index contributed by atoms with van der Waals surface area (Å²) in [6.07, 6.45) is 3.71. The van der Waals surface area contributed by atoms with Gasteiger partial charge in [0.05, 0.1) is 7.11 Å². The molecule has 2 aliphatic rings. The standard InChI is InChI=1S/C16H21N3O2/c1-3-9-17-15-18-14(20)16(19-15)8-4-5-11-10-12(21-2)6-7-13(11)16/h6-7,10H,3-5,8-9H2,1-2H3,(H2,17,18,19,20). The number of guanidine groups is 1. The third kappa shape index (κ3) is 2.26. The van der Waals surface area contributed by atoms with Gasteiger partial charge in [-0.1, -0.05) is 13.0 Å². The van der Waals surface area contributed by atoms with Crippen molar-refractivity contribution in [1.82, 2.24) is 10.6 Å². The van der Waals surface area contributed by atoms with Crippen molar-refractivity contribution in [2.45, 2.75) is 38.1 Å². The summed E-state index contributed by atoms with van der Waals surface area (Å²) < 4.78 is 5.29. The van der Waals surface area contributed by atoms with E-state index in [2.05, 4.69) is 22.5 Å². The van der Waals surface area contributed by atoms with E-state index in [9.17, 15) is 4.79 Å². The van der Waals surface area contributed by atoms with Crippen molar-refractivity contribution in [2.75, 3.05) is 13.7 Å². The Hall–Kier alpha value is -2.04. The first kappa shape index (κ1) is 13.9. The van der Waals surface area contributed by atoms with E-state index in [1.165, 1.54) is 5.56 Å². The molecular formula is C16H21N3O2. The highest BCUT2D eigenvalue weighted by Gasteiger charge is 2.48. The second kappa shape index (κ2) is 5.39. The molecule has 2 N–H and O–H groups in total. The van der Waals surface area contributed by atoms with E-state index in [1.807, 2.05) is 18.2 Å². The van der Waals surface area contributed by atoms with Crippen LogP contribution in [0.1, 0.15) is 37.3 Å². The summed E-state index contributed by atoms with van der Waals surface area (Å²) in [7, 11) is 1.66. The molecule has 1 aromatic rings. The van der Waals surface area contributed by atoms with E-state index >= 15 is 0 Å². The average Bonchev–Trinajstić information content (AvgIpc) is 2.82. The molecule has 5 heteroatoms. The number of rotatable bonds is 3. The Bertz CT molecular complexity index is 597. The van der Waals surface area contributed by atoms with Crippen LogP contribution >= 0.6 is 0 Å². The molecule has 1 unspecified atom stereocenters. The number of aliphatic imine (C=N–C) groups is 1. The molecule has 1 aliphatic carbocycles. The lowest BCUT2D eigenvalue weighted by molar-refractivity contribution is -0.124. The van der Waals surface area contributed by atoms with Crippen LogP contribution in [0.5, 0.6) is 5.75 Å². The summed E-state index contributed by atoms with van der Waals surface area (Å²) in [5.74, 6) is 1.44. The number of hydrogen-bond donors (Lipinski definition) is 2. The van der Waals surface area contributed by atoms with Gasteiger partial charge in [0.15, 0.2) is 5.96 Å². The van der Waals surface area contributed by atoms with Crippen LogP contribution in [0.2, 0.25) is 0 Å². The third-order valence-corrected chi connectivity index (χ3v) is 4.21. The van der Waals surface area contributed by atoms with Gasteiger partial charge in [0.1, 0.15) is 11.3 Å². The fourth-order valence-corrected chi connectivity index (χ4v) is 3.17. The van der Waals surface area contributed by atoms with Crippen molar-refractivity contribution in [3.8, 4) is 5.75 Å². The first-order valence-corrected chi connectivity index (χ1v) is 7.51. The van der Waals surface area contributed by atoms with E-state index in [-0.39, 0.29) is 5.91 Å². The topological polar surface area (TPSA) is 62.7 Å². The van der Waals surface area contributed by atoms with Crippen LogP contribution in [-0.2, 0) is 16.8 Å². The Morgan fingerprint density at radius 3 is 3.05 bits per heavy atom. The third-order valence-electron chi connectivity index (χ3n) is 4.21. The van der Waals surface area contributed by atoms with Crippen molar-refractivity contribution in [3.05, 3.63) is 29.3 Å². The summed E-state index contributed by atoms with van der Waals surface area (Å²) in [4.78, 5) is 17.0. The number of nitrogens with zero attached hydrogens (tertiary/aromatic N) is 1. The summed E-state index contributed by atoms with van der Waals surface area (Å²) in [6, 6.07) is 5.96. The van der Waals surface area contributed by atoms with Crippen LogP contribution in [0.25, 0.3) is 0 Å². The highest BCUT2D eigenvalue weighted by atomic mass is 16.5. The molecule has 112 valence electrons. The quantitative estimate of drug-likeness (QED) is 0.889. The second-order valence-corrected chi connectivity index (χ2v) is 5.59. The van der Waals surface area contributed by atoms with Gasteiger partial charge in [-0.3, -0.25) is 15.1 Å². The molecule has 0 aromatic heterocycles. The minimum absolute atomic E-state index is 0.00321. The van der Waals surface area contributed by atoms with Crippen molar-refractivity contribution >= 4 is 11.9 Å². The molecule has 1 aromatic carbocycles. The van der Waals surface area contributed by atoms with Gasteiger partial charge in [-0.15, -0.1) is 0 Å². The molecule has 1 amide bonds. The lowest BCUT2D eigenvalue weighted by Crippen LogP contribution is -2.46. The molecule has 1 heterocycles. The van der Waals surface area contributed by atoms with Crippen LogP contribution in [-0.4, -0.2) is 25.5 Å². The summed E-state index contributed by atoms with van der Waals surface area (Å²) in [5.41, 5.74) is 1.57. The Morgan fingerprint density at radius 1 is 1.43 bits per heavy atom. The maximum atomic E-state index is 12.6. The van der Waals surface area contributed by atoms with Crippen LogP contribution < -0.4 is 15.4 Å². The Morgan fingerprint density at radius 2 is 2.29 bits per heavy atom. The predicted octanol–water partition coefficient (Wildman–Crippen LogP) is 1.71. The number of methoxy groups -OCH3 is 1. The smallest absolute Gasteiger partial charge is 0.257 e. The van der Waals surface area contributed by atoms with Gasteiger partial charge in [-0.05, 0) is 48.9 Å². The van der Waals surface area contributed by atoms with Gasteiger partial charge in [-0.25, -0.2) is 0 Å². The molecule has 1 spiro atoms. The first-order valence-electron chi connectivity index (χ1n) is 7.51. The van der Waals surface area contributed by atoms with E-state index in [0.29, 0.717) is 12.5 Å². The lowest BCUT2D eigenvalue weighted by atomic mass is 9.76. The van der Waals surface area contributed by atoms with Crippen molar-refractivity contribution in [2.24, 2.45) is 4.99 Å². The van der Waals surface area contributed by atoms with E-state index in [1.54, 1.807) is 7.11 Å². The zero-order valence-electron chi connectivity index (χ0n) is 12.5. The number of benzene rings is 1. The maximum absolute atomic E-state index is 12.6. The lowest BCUT2D eigenvalue weighted by Gasteiger charge is -2.33. The minimum atomic E-state index is -0.660. The highest BCUT2D eigenvalue weighted by Crippen LogP contribution is 2.38. The Labute approximate surface area is 124 Å². The van der Waals surface area contributed by atoms with E-state index < -0.39 is 5.54 Å². The zero-order chi connectivity index (χ0) is 14.9. The number of aryl methyl sites for hydroxylation is 1. The molecule has 5 nitrogen and oxygen atoms in total. The predicted molar refractivity (Wildman–Crippen MR) is 81.5 cm³/mol. The Balaban J connectivity index is 1.99. The molecule has 1 atom stereocenters. The molecule has 21 heavy (non-hydrogen) atoms. The number of amides is 1.